The van der Waals surface area contributed by atoms with Crippen LogP contribution in [-0.4, -0.2) is 27.6 Å². The van der Waals surface area contributed by atoms with Crippen LogP contribution in [-0.2, 0) is 4.74 Å². The lowest BCUT2D eigenvalue weighted by Crippen LogP contribution is -2.34. The van der Waals surface area contributed by atoms with Gasteiger partial charge in [0.2, 0.25) is 0 Å². The van der Waals surface area contributed by atoms with E-state index in [0.717, 1.165) is 31.1 Å². The van der Waals surface area contributed by atoms with Gasteiger partial charge in [0, 0.05) is 31.1 Å². The molecule has 1 saturated heterocycles. The topological polar surface area (TPSA) is 59.9 Å². The van der Waals surface area contributed by atoms with E-state index in [1.807, 2.05) is 36.8 Å². The molecular weight excluding hydrogens is 276 g/mol. The first-order valence-electron chi connectivity index (χ1n) is 8.01. The summed E-state index contributed by atoms with van der Waals surface area (Å²) in [7, 11) is 0. The van der Waals surface area contributed by atoms with E-state index in [2.05, 4.69) is 20.3 Å². The molecule has 0 amide bonds. The minimum Gasteiger partial charge on any atom is -0.371 e. The Bertz CT molecular complexity index is 630. The van der Waals surface area contributed by atoms with Crippen molar-refractivity contribution in [3.63, 3.8) is 0 Å². The third-order valence-corrected chi connectivity index (χ3v) is 4.31. The van der Waals surface area contributed by atoms with Crippen LogP contribution in [0.5, 0.6) is 0 Å². The minimum atomic E-state index is 0.0519. The van der Waals surface area contributed by atoms with Crippen LogP contribution in [0, 0.1) is 0 Å². The Morgan fingerprint density at radius 2 is 1.91 bits per heavy atom. The third kappa shape index (κ3) is 2.95. The lowest BCUT2D eigenvalue weighted by atomic mass is 9.96. The van der Waals surface area contributed by atoms with Crippen LogP contribution >= 0.6 is 0 Å². The number of nitrogens with zero attached hydrogens (tertiary/aromatic N) is 3. The van der Waals surface area contributed by atoms with Crippen LogP contribution in [0.4, 0.5) is 5.82 Å². The second-order valence-electron chi connectivity index (χ2n) is 6.04. The SMILES string of the molecule is c1cc([C@H]2OCCC[C@@H]2Nc2ccnc(C3CC3)n2)ccn1. The summed E-state index contributed by atoms with van der Waals surface area (Å²) in [6.45, 7) is 0.808. The molecule has 3 heterocycles. The van der Waals surface area contributed by atoms with Gasteiger partial charge >= 0.3 is 0 Å². The van der Waals surface area contributed by atoms with Gasteiger partial charge in [-0.2, -0.15) is 0 Å². The molecule has 0 unspecified atom stereocenters. The zero-order valence-corrected chi connectivity index (χ0v) is 12.5. The van der Waals surface area contributed by atoms with E-state index in [1.54, 1.807) is 0 Å². The normalized spacial score (nSPS) is 24.9. The Hall–Kier alpha value is -2.01. The van der Waals surface area contributed by atoms with Gasteiger partial charge in [0.15, 0.2) is 0 Å². The van der Waals surface area contributed by atoms with Gasteiger partial charge < -0.3 is 10.1 Å². The Labute approximate surface area is 130 Å². The Morgan fingerprint density at radius 3 is 2.73 bits per heavy atom. The van der Waals surface area contributed by atoms with Gasteiger partial charge in [-0.25, -0.2) is 9.97 Å². The van der Waals surface area contributed by atoms with Crippen molar-refractivity contribution in [2.24, 2.45) is 0 Å². The number of ether oxygens (including phenoxy) is 1. The van der Waals surface area contributed by atoms with E-state index in [-0.39, 0.29) is 12.1 Å². The highest BCUT2D eigenvalue weighted by atomic mass is 16.5. The summed E-state index contributed by atoms with van der Waals surface area (Å²) in [6.07, 6.45) is 10.1. The largest absolute Gasteiger partial charge is 0.371 e. The molecule has 0 spiro atoms. The van der Waals surface area contributed by atoms with Gasteiger partial charge in [-0.15, -0.1) is 0 Å². The maximum Gasteiger partial charge on any atom is 0.133 e. The summed E-state index contributed by atoms with van der Waals surface area (Å²) in [6, 6.07) is 6.24. The molecule has 1 saturated carbocycles. The van der Waals surface area contributed by atoms with Crippen molar-refractivity contribution in [2.45, 2.75) is 43.7 Å². The maximum atomic E-state index is 6.01. The van der Waals surface area contributed by atoms with E-state index in [1.165, 1.54) is 18.4 Å². The molecular formula is C17H20N4O. The van der Waals surface area contributed by atoms with Gasteiger partial charge in [0.05, 0.1) is 6.04 Å². The van der Waals surface area contributed by atoms with Crippen molar-refractivity contribution in [3.05, 3.63) is 48.2 Å². The predicted octanol–water partition coefficient (Wildman–Crippen LogP) is 3.08. The van der Waals surface area contributed by atoms with Gasteiger partial charge in [-0.1, -0.05) is 0 Å². The maximum absolute atomic E-state index is 6.01. The van der Waals surface area contributed by atoms with Crippen LogP contribution in [0.3, 0.4) is 0 Å². The molecule has 22 heavy (non-hydrogen) atoms. The number of anilines is 1. The van der Waals surface area contributed by atoms with E-state index in [9.17, 15) is 0 Å². The molecule has 114 valence electrons. The molecule has 0 radical (unpaired) electrons. The molecule has 4 rings (SSSR count). The van der Waals surface area contributed by atoms with Gasteiger partial charge in [0.1, 0.15) is 17.7 Å². The van der Waals surface area contributed by atoms with Crippen LogP contribution < -0.4 is 5.32 Å². The fourth-order valence-corrected chi connectivity index (χ4v) is 2.99. The lowest BCUT2D eigenvalue weighted by Gasteiger charge is -2.33. The average molecular weight is 296 g/mol. The smallest absolute Gasteiger partial charge is 0.133 e. The number of pyridine rings is 1. The molecule has 5 nitrogen and oxygen atoms in total. The fraction of sp³-hybridized carbons (Fsp3) is 0.471. The van der Waals surface area contributed by atoms with E-state index >= 15 is 0 Å². The summed E-state index contributed by atoms with van der Waals surface area (Å²) < 4.78 is 6.01. The van der Waals surface area contributed by atoms with Crippen LogP contribution in [0.1, 0.15) is 49.1 Å². The van der Waals surface area contributed by atoms with Gasteiger partial charge in [0.25, 0.3) is 0 Å². The minimum absolute atomic E-state index is 0.0519. The highest BCUT2D eigenvalue weighted by Gasteiger charge is 2.29. The number of hydrogen-bond donors (Lipinski definition) is 1. The summed E-state index contributed by atoms with van der Waals surface area (Å²) in [5.41, 5.74) is 1.17. The van der Waals surface area contributed by atoms with E-state index in [4.69, 9.17) is 4.74 Å². The monoisotopic (exact) mass is 296 g/mol. The molecule has 2 atom stereocenters. The Kier molecular flexibility index (Phi) is 3.72. The van der Waals surface area contributed by atoms with Crippen molar-refractivity contribution >= 4 is 5.82 Å². The van der Waals surface area contributed by atoms with Gasteiger partial charge in [-0.05, 0) is 49.4 Å². The Morgan fingerprint density at radius 1 is 1.05 bits per heavy atom. The number of aromatic nitrogens is 3. The highest BCUT2D eigenvalue weighted by Crippen LogP contribution is 2.38. The fourth-order valence-electron chi connectivity index (χ4n) is 2.99. The molecule has 2 fully saturated rings. The molecule has 0 aromatic carbocycles. The highest BCUT2D eigenvalue weighted by molar-refractivity contribution is 5.37. The molecule has 0 bridgehead atoms. The van der Waals surface area contributed by atoms with Crippen molar-refractivity contribution < 1.29 is 4.74 Å². The second kappa shape index (κ2) is 6.01. The molecule has 2 aromatic heterocycles. The zero-order chi connectivity index (χ0) is 14.8. The van der Waals surface area contributed by atoms with Gasteiger partial charge in [-0.3, -0.25) is 4.98 Å². The molecule has 5 heteroatoms. The van der Waals surface area contributed by atoms with Crippen LogP contribution in [0.25, 0.3) is 0 Å². The quantitative estimate of drug-likeness (QED) is 0.939. The standard InChI is InChI=1S/C17H20N4O/c1-2-14(16(22-11-1)12-5-8-18-9-6-12)20-15-7-10-19-17(21-15)13-3-4-13/h5-10,13-14,16H,1-4,11H2,(H,19,20,21)/t14-,16+/m0/s1. The van der Waals surface area contributed by atoms with Crippen LogP contribution in [0.2, 0.25) is 0 Å². The third-order valence-electron chi connectivity index (χ3n) is 4.31. The summed E-state index contributed by atoms with van der Waals surface area (Å²) >= 11 is 0. The van der Waals surface area contributed by atoms with E-state index < -0.39 is 0 Å². The second-order valence-corrected chi connectivity index (χ2v) is 6.04. The van der Waals surface area contributed by atoms with Crippen molar-refractivity contribution in [1.82, 2.24) is 15.0 Å². The summed E-state index contributed by atoms with van der Waals surface area (Å²) in [5, 5.41) is 3.56. The lowest BCUT2D eigenvalue weighted by molar-refractivity contribution is 0.00550. The molecule has 2 aromatic rings. The number of nitrogens with one attached hydrogen (secondary N) is 1. The first-order chi connectivity index (χ1) is 10.9. The Balaban J connectivity index is 1.53. The van der Waals surface area contributed by atoms with Crippen molar-refractivity contribution in [3.8, 4) is 0 Å². The molecule has 2 aliphatic rings. The summed E-state index contributed by atoms with van der Waals surface area (Å²) in [5.74, 6) is 2.45. The van der Waals surface area contributed by atoms with Crippen molar-refractivity contribution in [1.29, 1.82) is 0 Å². The molecule has 1 aliphatic carbocycles. The molecule has 1 aliphatic heterocycles. The first-order valence-corrected chi connectivity index (χ1v) is 8.01. The average Bonchev–Trinajstić information content (AvgIpc) is 3.42. The first kappa shape index (κ1) is 13.6. The van der Waals surface area contributed by atoms with Crippen LogP contribution in [0.15, 0.2) is 36.8 Å². The number of rotatable bonds is 4. The van der Waals surface area contributed by atoms with Crippen molar-refractivity contribution in [2.75, 3.05) is 11.9 Å². The summed E-state index contributed by atoms with van der Waals surface area (Å²) in [4.78, 5) is 13.1. The van der Waals surface area contributed by atoms with E-state index in [0.29, 0.717) is 5.92 Å². The zero-order valence-electron chi connectivity index (χ0n) is 12.5. The number of hydrogen-bond acceptors (Lipinski definition) is 5. The predicted molar refractivity (Wildman–Crippen MR) is 83.6 cm³/mol. The molecule has 1 N–H and O–H groups in total.